The minimum Gasteiger partial charge on any atom is -0.479 e. The van der Waals surface area contributed by atoms with Crippen LogP contribution in [0.3, 0.4) is 0 Å². The number of epoxide rings is 1. The molecule has 3 heterocycles. The Balaban J connectivity index is 1.08. The number of rotatable bonds is 5. The van der Waals surface area contributed by atoms with E-state index in [2.05, 4.69) is 26.8 Å². The molecule has 13 nitrogen and oxygen atoms in total. The first kappa shape index (κ1) is 37.3. The van der Waals surface area contributed by atoms with Crippen molar-refractivity contribution in [2.24, 2.45) is 51.8 Å². The molecular weight excluding hydrogens is 676 g/mol. The zero-order chi connectivity index (χ0) is 37.4. The number of carbonyl (C=O) groups is 2. The Morgan fingerprint density at radius 3 is 2.10 bits per heavy atom. The summed E-state index contributed by atoms with van der Waals surface area (Å²) in [4.78, 5) is 23.9. The smallest absolute Gasteiger partial charge is 0.335 e. The molecule has 0 radical (unpaired) electrons. The molecule has 0 amide bonds. The third-order valence-electron chi connectivity index (χ3n) is 16.6. The monoisotopic (exact) mass is 734 g/mol. The number of fused-ring (bicyclic) bond motifs is 8. The zero-order valence-corrected chi connectivity index (χ0v) is 30.6. The van der Waals surface area contributed by atoms with Crippen LogP contribution in [0.2, 0.25) is 0 Å². The van der Waals surface area contributed by atoms with Crippen molar-refractivity contribution in [1.82, 2.24) is 0 Å². The van der Waals surface area contributed by atoms with Crippen LogP contribution in [-0.4, -0.2) is 126 Å². The average molecular weight is 735 g/mol. The van der Waals surface area contributed by atoms with E-state index in [9.17, 15) is 50.4 Å². The molecule has 0 aromatic rings. The number of hydrogen-bond donors (Lipinski definition) is 8. The van der Waals surface area contributed by atoms with Gasteiger partial charge in [-0.3, -0.25) is 0 Å². The predicted molar refractivity (Wildman–Crippen MR) is 181 cm³/mol. The molecule has 52 heavy (non-hydrogen) atoms. The molecule has 7 fully saturated rings. The van der Waals surface area contributed by atoms with Gasteiger partial charge in [-0.15, -0.1) is 0 Å². The Hall–Kier alpha value is -1.68. The number of aliphatic carboxylic acids is 2. The molecular formula is C39H58O13. The summed E-state index contributed by atoms with van der Waals surface area (Å²) in [6, 6.07) is 0. The van der Waals surface area contributed by atoms with Gasteiger partial charge in [0.15, 0.2) is 12.2 Å². The number of allylic oxidation sites excluding steroid dienone is 2. The molecule has 13 heteroatoms. The summed E-state index contributed by atoms with van der Waals surface area (Å²) in [6.45, 7) is 8.68. The maximum absolute atomic E-state index is 12.4. The highest BCUT2D eigenvalue weighted by atomic mass is 16.7. The molecule has 3 aliphatic heterocycles. The SMILES string of the molecule is CC1CCC2(C(O)C3OC(C(=O)O)C4OC4C3O)CCC3C(=CCC4C3(C)CCC3C4(C)CCC(C4OC(C(=O)O)C(O)C(O)C4O)[C@@]3(C)O)C2C1. The van der Waals surface area contributed by atoms with E-state index < -0.39 is 96.0 Å². The Kier molecular flexibility index (Phi) is 8.89. The van der Waals surface area contributed by atoms with Crippen molar-refractivity contribution in [1.29, 1.82) is 0 Å². The van der Waals surface area contributed by atoms with Gasteiger partial charge in [0.25, 0.3) is 0 Å². The number of ether oxygens (including phenoxy) is 3. The second-order valence-electron chi connectivity index (χ2n) is 18.9. The lowest BCUT2D eigenvalue weighted by molar-refractivity contribution is -0.277. The van der Waals surface area contributed by atoms with Gasteiger partial charge in [-0.1, -0.05) is 38.8 Å². The first-order valence-corrected chi connectivity index (χ1v) is 19.6. The van der Waals surface area contributed by atoms with Crippen LogP contribution in [0.1, 0.15) is 91.9 Å². The lowest BCUT2D eigenvalue weighted by atomic mass is 9.37. The van der Waals surface area contributed by atoms with Crippen molar-refractivity contribution >= 4 is 11.9 Å². The van der Waals surface area contributed by atoms with Gasteiger partial charge in [0.1, 0.15) is 42.7 Å². The van der Waals surface area contributed by atoms with Crippen LogP contribution in [0.25, 0.3) is 0 Å². The van der Waals surface area contributed by atoms with Crippen LogP contribution in [0, 0.1) is 51.8 Å². The summed E-state index contributed by atoms with van der Waals surface area (Å²) in [5.74, 6) is -2.47. The summed E-state index contributed by atoms with van der Waals surface area (Å²) in [5, 5.41) is 87.4. The van der Waals surface area contributed by atoms with Crippen LogP contribution in [0.5, 0.6) is 0 Å². The largest absolute Gasteiger partial charge is 0.479 e. The predicted octanol–water partition coefficient (Wildman–Crippen LogP) is 1.62. The van der Waals surface area contributed by atoms with Crippen LogP contribution in [-0.2, 0) is 23.8 Å². The van der Waals surface area contributed by atoms with Crippen molar-refractivity contribution in [2.45, 2.75) is 165 Å². The van der Waals surface area contributed by atoms with E-state index in [1.54, 1.807) is 6.92 Å². The van der Waals surface area contributed by atoms with E-state index in [4.69, 9.17) is 14.2 Å². The van der Waals surface area contributed by atoms with Gasteiger partial charge in [-0.25, -0.2) is 9.59 Å². The average Bonchev–Trinajstić information content (AvgIpc) is 3.89. The molecule has 8 rings (SSSR count). The van der Waals surface area contributed by atoms with Crippen molar-refractivity contribution in [2.75, 3.05) is 0 Å². The first-order valence-electron chi connectivity index (χ1n) is 19.6. The molecule has 20 unspecified atom stereocenters. The minimum atomic E-state index is -1.79. The number of carboxylic acid groups (broad SMARTS) is 2. The second kappa shape index (κ2) is 12.4. The van der Waals surface area contributed by atoms with E-state index in [1.807, 2.05) is 0 Å². The molecule has 21 atom stereocenters. The Labute approximate surface area is 304 Å². The van der Waals surface area contributed by atoms with E-state index >= 15 is 0 Å². The van der Waals surface area contributed by atoms with Crippen molar-refractivity contribution < 1.29 is 64.7 Å². The Morgan fingerprint density at radius 2 is 1.40 bits per heavy atom. The molecule has 8 aliphatic rings. The number of hydrogen-bond acceptors (Lipinski definition) is 11. The Morgan fingerprint density at radius 1 is 0.731 bits per heavy atom. The quantitative estimate of drug-likeness (QED) is 0.149. The molecule has 4 saturated carbocycles. The molecule has 5 aliphatic carbocycles. The second-order valence-corrected chi connectivity index (χ2v) is 18.9. The minimum absolute atomic E-state index is 0.0537. The fraction of sp³-hybridized carbons (Fsp3) is 0.897. The molecule has 0 spiro atoms. The van der Waals surface area contributed by atoms with Crippen molar-refractivity contribution in [3.05, 3.63) is 11.6 Å². The van der Waals surface area contributed by atoms with Gasteiger partial charge in [0.05, 0.1) is 17.8 Å². The molecule has 0 aromatic heterocycles. The van der Waals surface area contributed by atoms with Gasteiger partial charge in [0.2, 0.25) is 0 Å². The topological polar surface area (TPSA) is 227 Å². The number of carboxylic acids is 2. The molecule has 3 saturated heterocycles. The fourth-order valence-electron chi connectivity index (χ4n) is 13.9. The molecule has 0 aromatic carbocycles. The zero-order valence-electron chi connectivity index (χ0n) is 30.6. The van der Waals surface area contributed by atoms with E-state index in [1.165, 1.54) is 5.57 Å². The van der Waals surface area contributed by atoms with Gasteiger partial charge in [-0.2, -0.15) is 0 Å². The van der Waals surface area contributed by atoms with Crippen LogP contribution in [0.4, 0.5) is 0 Å². The summed E-state index contributed by atoms with van der Waals surface area (Å²) >= 11 is 0. The third-order valence-corrected chi connectivity index (χ3v) is 16.6. The van der Waals surface area contributed by atoms with E-state index in [0.29, 0.717) is 25.2 Å². The molecule has 8 N–H and O–H groups in total. The van der Waals surface area contributed by atoms with Crippen molar-refractivity contribution in [3.8, 4) is 0 Å². The summed E-state index contributed by atoms with van der Waals surface area (Å²) < 4.78 is 17.3. The maximum Gasteiger partial charge on any atom is 0.335 e. The lowest BCUT2D eigenvalue weighted by Crippen LogP contribution is -2.69. The van der Waals surface area contributed by atoms with Gasteiger partial charge in [0, 0.05) is 11.3 Å². The van der Waals surface area contributed by atoms with E-state index in [-0.39, 0.29) is 34.5 Å². The van der Waals surface area contributed by atoms with Gasteiger partial charge in [-0.05, 0) is 105 Å². The van der Waals surface area contributed by atoms with Crippen molar-refractivity contribution in [3.63, 3.8) is 0 Å². The molecule has 292 valence electrons. The van der Waals surface area contributed by atoms with Gasteiger partial charge >= 0.3 is 11.9 Å². The molecule has 0 bridgehead atoms. The number of aliphatic hydroxyl groups excluding tert-OH is 5. The fourth-order valence-corrected chi connectivity index (χ4v) is 13.9. The van der Waals surface area contributed by atoms with E-state index in [0.717, 1.165) is 44.9 Å². The highest BCUT2D eigenvalue weighted by Crippen LogP contribution is 2.72. The summed E-state index contributed by atoms with van der Waals surface area (Å²) in [7, 11) is 0. The third kappa shape index (κ3) is 5.12. The van der Waals surface area contributed by atoms with Crippen LogP contribution >= 0.6 is 0 Å². The highest BCUT2D eigenvalue weighted by Gasteiger charge is 2.69. The number of aliphatic hydroxyl groups is 6. The van der Waals surface area contributed by atoms with Gasteiger partial charge < -0.3 is 55.1 Å². The highest BCUT2D eigenvalue weighted by molar-refractivity contribution is 5.74. The summed E-state index contributed by atoms with van der Waals surface area (Å²) in [5.41, 5.74) is -0.942. The lowest BCUT2D eigenvalue weighted by Gasteiger charge is -2.68. The van der Waals surface area contributed by atoms with Crippen LogP contribution in [0.15, 0.2) is 11.6 Å². The Bertz CT molecular complexity index is 1480. The first-order chi connectivity index (χ1) is 24.4. The maximum atomic E-state index is 12.4. The normalized spacial score (nSPS) is 57.5. The van der Waals surface area contributed by atoms with Crippen LogP contribution < -0.4 is 0 Å². The standard InChI is InChI=1S/C39H58O13/c1-16-7-13-39(33(44)29-26(43)28-31(51-28)32(52-29)35(47)48)14-9-18-17(20(39)15-16)5-6-21-36(18,2)12-10-22-37(21,3)11-8-19(38(22,4)49)27-24(41)23(40)25(42)30(50-27)34(45)46/h5,16,18-33,40-44,49H,6-15H2,1-4H3,(H,45,46)(H,47,48)/t16?,18?,19?,20?,21?,22?,23?,24?,25?,26?,27?,28?,29?,30?,31?,32?,33?,36?,37?,38-,39?/m1/s1. The summed E-state index contributed by atoms with van der Waals surface area (Å²) in [6.07, 6.45) is -3.65.